The van der Waals surface area contributed by atoms with Crippen LogP contribution < -0.4 is 10.6 Å². The van der Waals surface area contributed by atoms with Gasteiger partial charge >= 0.3 is 0 Å². The minimum absolute atomic E-state index is 0. The number of hydrogen-bond donors (Lipinski definition) is 2. The predicted molar refractivity (Wildman–Crippen MR) is 124 cm³/mol. The Morgan fingerprint density at radius 3 is 2.79 bits per heavy atom. The van der Waals surface area contributed by atoms with Crippen LogP contribution in [0.5, 0.6) is 0 Å². The summed E-state index contributed by atoms with van der Waals surface area (Å²) in [4.78, 5) is 6.69. The molecular weight excluding hydrogens is 471 g/mol. The summed E-state index contributed by atoms with van der Waals surface area (Å²) in [5, 5.41) is 6.77. The van der Waals surface area contributed by atoms with Crippen molar-refractivity contribution in [3.63, 3.8) is 0 Å². The maximum absolute atomic E-state index is 5.70. The van der Waals surface area contributed by atoms with E-state index in [-0.39, 0.29) is 30.0 Å². The van der Waals surface area contributed by atoms with Crippen LogP contribution in [0, 0.1) is 0 Å². The normalized spacial score (nSPS) is 18.1. The maximum atomic E-state index is 5.70. The van der Waals surface area contributed by atoms with Crippen molar-refractivity contribution in [1.82, 2.24) is 15.5 Å². The van der Waals surface area contributed by atoms with Gasteiger partial charge in [-0.15, -0.1) is 24.0 Å². The molecule has 1 aliphatic rings. The fourth-order valence-corrected chi connectivity index (χ4v) is 3.34. The molecule has 2 heterocycles. The van der Waals surface area contributed by atoms with Crippen LogP contribution in [0.1, 0.15) is 44.9 Å². The van der Waals surface area contributed by atoms with E-state index in [2.05, 4.69) is 34.4 Å². The van der Waals surface area contributed by atoms with E-state index >= 15 is 0 Å². The van der Waals surface area contributed by atoms with Gasteiger partial charge in [-0.3, -0.25) is 9.89 Å². The maximum Gasteiger partial charge on any atom is 0.191 e. The molecule has 28 heavy (non-hydrogen) atoms. The zero-order chi connectivity index (χ0) is 19.3. The molecule has 2 N–H and O–H groups in total. The van der Waals surface area contributed by atoms with E-state index in [0.717, 1.165) is 70.4 Å². The summed E-state index contributed by atoms with van der Waals surface area (Å²) in [7, 11) is 1.79. The van der Waals surface area contributed by atoms with Crippen LogP contribution in [-0.2, 0) is 9.47 Å². The molecule has 8 heteroatoms. The zero-order valence-electron chi connectivity index (χ0n) is 17.5. The van der Waals surface area contributed by atoms with Crippen molar-refractivity contribution >= 4 is 29.9 Å². The molecule has 0 amide bonds. The first-order valence-electron chi connectivity index (χ1n) is 10.2. The van der Waals surface area contributed by atoms with Crippen LogP contribution in [0.25, 0.3) is 0 Å². The highest BCUT2D eigenvalue weighted by Crippen LogP contribution is 2.20. The van der Waals surface area contributed by atoms with Crippen LogP contribution >= 0.6 is 24.0 Å². The second kappa shape index (κ2) is 15.1. The van der Waals surface area contributed by atoms with Gasteiger partial charge in [0.05, 0.1) is 25.0 Å². The van der Waals surface area contributed by atoms with Crippen LogP contribution in [-0.4, -0.2) is 70.0 Å². The van der Waals surface area contributed by atoms with Gasteiger partial charge in [0.1, 0.15) is 5.76 Å². The van der Waals surface area contributed by atoms with Crippen LogP contribution in [0.4, 0.5) is 0 Å². The van der Waals surface area contributed by atoms with E-state index in [4.69, 9.17) is 13.9 Å². The van der Waals surface area contributed by atoms with Crippen LogP contribution in [0.2, 0.25) is 0 Å². The molecule has 7 nitrogen and oxygen atoms in total. The lowest BCUT2D eigenvalue weighted by Gasteiger charge is -2.28. The number of rotatable bonds is 12. The highest BCUT2D eigenvalue weighted by atomic mass is 127. The summed E-state index contributed by atoms with van der Waals surface area (Å²) in [5.74, 6) is 1.78. The Labute approximate surface area is 186 Å². The lowest BCUT2D eigenvalue weighted by atomic mass is 10.2. The first kappa shape index (κ1) is 25.2. The number of halogens is 1. The summed E-state index contributed by atoms with van der Waals surface area (Å²) in [6, 6.07) is 4.16. The molecule has 0 saturated carbocycles. The molecule has 2 unspecified atom stereocenters. The minimum Gasteiger partial charge on any atom is -0.468 e. The van der Waals surface area contributed by atoms with Gasteiger partial charge in [0.2, 0.25) is 0 Å². The van der Waals surface area contributed by atoms with Crippen molar-refractivity contribution in [1.29, 1.82) is 0 Å². The topological polar surface area (TPSA) is 71.3 Å². The summed E-state index contributed by atoms with van der Waals surface area (Å²) in [6.45, 7) is 10.2. The predicted octanol–water partition coefficient (Wildman–Crippen LogP) is 3.03. The molecule has 2 rings (SSSR count). The lowest BCUT2D eigenvalue weighted by Crippen LogP contribution is -2.43. The monoisotopic (exact) mass is 508 g/mol. The molecule has 0 bridgehead atoms. The van der Waals surface area contributed by atoms with E-state index in [9.17, 15) is 0 Å². The minimum atomic E-state index is 0. The SMILES string of the molecule is CCN(CC)C(CNC(=NC)NCCCOCC1CCCO1)c1ccco1.I. The summed E-state index contributed by atoms with van der Waals surface area (Å²) in [6.07, 6.45) is 5.24. The number of hydrogen-bond acceptors (Lipinski definition) is 5. The third kappa shape index (κ3) is 8.67. The molecule has 1 aliphatic heterocycles. The Bertz CT molecular complexity index is 518. The van der Waals surface area contributed by atoms with Crippen molar-refractivity contribution in [2.45, 2.75) is 45.3 Å². The molecule has 0 radical (unpaired) electrons. The Morgan fingerprint density at radius 1 is 1.36 bits per heavy atom. The Hall–Kier alpha value is -0.840. The number of aliphatic imine (C=N–C) groups is 1. The number of nitrogens with zero attached hydrogens (tertiary/aromatic N) is 2. The number of furan rings is 1. The molecule has 1 saturated heterocycles. The molecule has 1 aromatic rings. The fourth-order valence-electron chi connectivity index (χ4n) is 3.34. The van der Waals surface area contributed by atoms with Gasteiger partial charge < -0.3 is 24.5 Å². The molecule has 1 fully saturated rings. The van der Waals surface area contributed by atoms with Crippen molar-refractivity contribution in [2.75, 3.05) is 53.0 Å². The Morgan fingerprint density at radius 2 is 2.18 bits per heavy atom. The first-order chi connectivity index (χ1) is 13.3. The number of nitrogens with one attached hydrogen (secondary N) is 2. The van der Waals surface area contributed by atoms with Crippen molar-refractivity contribution in [3.05, 3.63) is 24.2 Å². The van der Waals surface area contributed by atoms with E-state index in [1.54, 1.807) is 13.3 Å². The van der Waals surface area contributed by atoms with Gasteiger partial charge in [-0.2, -0.15) is 0 Å². The average molecular weight is 508 g/mol. The average Bonchev–Trinajstić information content (AvgIpc) is 3.40. The largest absolute Gasteiger partial charge is 0.468 e. The Kier molecular flexibility index (Phi) is 13.6. The quantitative estimate of drug-likeness (QED) is 0.196. The molecular formula is C20H37IN4O3. The van der Waals surface area contributed by atoms with E-state index in [0.29, 0.717) is 12.7 Å². The van der Waals surface area contributed by atoms with Gasteiger partial charge in [-0.1, -0.05) is 13.8 Å². The molecule has 0 aliphatic carbocycles. The number of guanidine groups is 1. The van der Waals surface area contributed by atoms with Gasteiger partial charge in [-0.05, 0) is 44.5 Å². The first-order valence-corrected chi connectivity index (χ1v) is 10.2. The van der Waals surface area contributed by atoms with E-state index in [1.807, 2.05) is 12.1 Å². The van der Waals surface area contributed by atoms with Gasteiger partial charge in [-0.25, -0.2) is 0 Å². The second-order valence-electron chi connectivity index (χ2n) is 6.70. The smallest absolute Gasteiger partial charge is 0.191 e. The van der Waals surface area contributed by atoms with Gasteiger partial charge in [0, 0.05) is 33.4 Å². The molecule has 1 aromatic heterocycles. The summed E-state index contributed by atoms with van der Waals surface area (Å²) >= 11 is 0. The third-order valence-corrected chi connectivity index (χ3v) is 4.90. The third-order valence-electron chi connectivity index (χ3n) is 4.90. The molecule has 162 valence electrons. The highest BCUT2D eigenvalue weighted by molar-refractivity contribution is 14.0. The summed E-state index contributed by atoms with van der Waals surface area (Å²) in [5.41, 5.74) is 0. The van der Waals surface area contributed by atoms with E-state index in [1.165, 1.54) is 0 Å². The van der Waals surface area contributed by atoms with Crippen molar-refractivity contribution in [3.8, 4) is 0 Å². The molecule has 2 atom stereocenters. The van der Waals surface area contributed by atoms with Gasteiger partial charge in [0.15, 0.2) is 5.96 Å². The molecule has 0 spiro atoms. The summed E-state index contributed by atoms with van der Waals surface area (Å²) < 4.78 is 16.9. The van der Waals surface area contributed by atoms with Crippen LogP contribution in [0.3, 0.4) is 0 Å². The van der Waals surface area contributed by atoms with Crippen molar-refractivity contribution in [2.24, 2.45) is 4.99 Å². The van der Waals surface area contributed by atoms with Crippen LogP contribution in [0.15, 0.2) is 27.8 Å². The zero-order valence-corrected chi connectivity index (χ0v) is 19.8. The Balaban J connectivity index is 0.00000392. The number of ether oxygens (including phenoxy) is 2. The standard InChI is InChI=1S/C20H36N4O3.HI/c1-4-24(5-2)18(19-10-7-14-27-19)15-23-20(21-3)22-11-8-12-25-16-17-9-6-13-26-17;/h7,10,14,17-18H,4-6,8-9,11-13,15-16H2,1-3H3,(H2,21,22,23);1H. The molecule has 0 aromatic carbocycles. The van der Waals surface area contributed by atoms with Crippen molar-refractivity contribution < 1.29 is 13.9 Å². The highest BCUT2D eigenvalue weighted by Gasteiger charge is 2.20. The number of likely N-dealkylation sites (N-methyl/N-ethyl adjacent to an activating group) is 1. The van der Waals surface area contributed by atoms with E-state index < -0.39 is 0 Å². The lowest BCUT2D eigenvalue weighted by molar-refractivity contribution is 0.0168. The fraction of sp³-hybridized carbons (Fsp3) is 0.750. The second-order valence-corrected chi connectivity index (χ2v) is 6.70. The van der Waals surface area contributed by atoms with Gasteiger partial charge in [0.25, 0.3) is 0 Å².